The quantitative estimate of drug-likeness (QED) is 0.238. The van der Waals surface area contributed by atoms with Crippen molar-refractivity contribution in [1.82, 2.24) is 9.99 Å². The minimum atomic E-state index is -3.82. The number of ether oxygens (including phenoxy) is 1. The number of nitrogens with zero attached hydrogens (tertiary/aromatic N) is 3. The second kappa shape index (κ2) is 10.2. The van der Waals surface area contributed by atoms with E-state index in [0.29, 0.717) is 34.7 Å². The lowest BCUT2D eigenvalue weighted by molar-refractivity contribution is 0.365. The third-order valence-electron chi connectivity index (χ3n) is 6.26. The van der Waals surface area contributed by atoms with Crippen molar-refractivity contribution in [2.45, 2.75) is 38.5 Å². The zero-order valence-corrected chi connectivity index (χ0v) is 22.3. The predicted molar refractivity (Wildman–Crippen MR) is 152 cm³/mol. The van der Waals surface area contributed by atoms with E-state index in [9.17, 15) is 19.0 Å². The first-order valence-electron chi connectivity index (χ1n) is 12.6. The maximum atomic E-state index is 13.7. The molecule has 2 aliphatic heterocycles. The zero-order chi connectivity index (χ0) is 27.0. The van der Waals surface area contributed by atoms with Gasteiger partial charge < -0.3 is 25.9 Å². The molecule has 5 rings (SSSR count). The van der Waals surface area contributed by atoms with Crippen LogP contribution in [0.2, 0.25) is 0 Å². The molecule has 0 bridgehead atoms. The molecular formula is C26H32N6O5S. The Hall–Kier alpha value is -3.74. The average Bonchev–Trinajstić information content (AvgIpc) is 2.88. The number of anilines is 1. The Morgan fingerprint density at radius 3 is 2.76 bits per heavy atom. The summed E-state index contributed by atoms with van der Waals surface area (Å²) in [5.41, 5.74) is 3.44. The van der Waals surface area contributed by atoms with Crippen LogP contribution in [-0.4, -0.2) is 50.3 Å². The number of para-hydroxylation sites is 1. The van der Waals surface area contributed by atoms with Gasteiger partial charge in [0, 0.05) is 18.5 Å². The van der Waals surface area contributed by atoms with Gasteiger partial charge in [0.1, 0.15) is 40.1 Å². The maximum absolute atomic E-state index is 13.7. The minimum Gasteiger partial charge on any atom is -0.506 e. The van der Waals surface area contributed by atoms with E-state index in [1.165, 1.54) is 4.68 Å². The van der Waals surface area contributed by atoms with Crippen molar-refractivity contribution in [2.24, 2.45) is 15.3 Å². The highest BCUT2D eigenvalue weighted by Crippen LogP contribution is 2.61. The molecule has 0 fully saturated rings. The summed E-state index contributed by atoms with van der Waals surface area (Å²) in [5, 5.41) is 17.8. The van der Waals surface area contributed by atoms with Crippen molar-refractivity contribution in [2.75, 3.05) is 30.4 Å². The Bertz CT molecular complexity index is 1510. The van der Waals surface area contributed by atoms with Gasteiger partial charge in [0.25, 0.3) is 5.56 Å². The summed E-state index contributed by atoms with van der Waals surface area (Å²) in [6.45, 7) is 7.58. The van der Waals surface area contributed by atoms with E-state index >= 15 is 0 Å². The van der Waals surface area contributed by atoms with Gasteiger partial charge in [-0.2, -0.15) is 0 Å². The Labute approximate surface area is 221 Å². The highest BCUT2D eigenvalue weighted by molar-refractivity contribution is 8.23. The van der Waals surface area contributed by atoms with Gasteiger partial charge >= 0.3 is 0 Å². The van der Waals surface area contributed by atoms with Crippen molar-refractivity contribution in [3.63, 3.8) is 0 Å². The van der Waals surface area contributed by atoms with Crippen LogP contribution >= 0.6 is 10.8 Å². The predicted octanol–water partition coefficient (Wildman–Crippen LogP) is 4.62. The monoisotopic (exact) mass is 540 g/mol. The molecule has 38 heavy (non-hydrogen) atoms. The van der Waals surface area contributed by atoms with Gasteiger partial charge in [-0.3, -0.25) is 13.9 Å². The van der Waals surface area contributed by atoms with Gasteiger partial charge in [-0.05, 0) is 36.6 Å². The summed E-state index contributed by atoms with van der Waals surface area (Å²) >= 11 is 0. The van der Waals surface area contributed by atoms with Gasteiger partial charge in [-0.25, -0.2) is 9.67 Å². The van der Waals surface area contributed by atoms with E-state index in [1.807, 2.05) is 13.8 Å². The lowest BCUT2D eigenvalue weighted by Gasteiger charge is -2.36. The Morgan fingerprint density at radius 2 is 2.00 bits per heavy atom. The van der Waals surface area contributed by atoms with Crippen molar-refractivity contribution in [3.05, 3.63) is 52.3 Å². The topological polar surface area (TPSA) is 153 Å². The Morgan fingerprint density at radius 1 is 1.21 bits per heavy atom. The normalized spacial score (nSPS) is 16.5. The van der Waals surface area contributed by atoms with Crippen molar-refractivity contribution >= 4 is 44.7 Å². The molecule has 0 aliphatic carbocycles. The Balaban J connectivity index is 1.62. The average molecular weight is 541 g/mol. The van der Waals surface area contributed by atoms with E-state index in [0.717, 1.165) is 19.4 Å². The fourth-order valence-corrected chi connectivity index (χ4v) is 5.67. The van der Waals surface area contributed by atoms with Crippen LogP contribution in [0, 0.1) is 5.92 Å². The number of nitrogens with one attached hydrogen (secondary N) is 3. The zero-order valence-electron chi connectivity index (χ0n) is 21.5. The molecule has 0 saturated carbocycles. The number of amidine groups is 2. The molecule has 0 atom stereocenters. The molecule has 0 spiro atoms. The van der Waals surface area contributed by atoms with Gasteiger partial charge in [-0.15, -0.1) is 4.40 Å². The molecule has 202 valence electrons. The largest absolute Gasteiger partial charge is 0.506 e. The Kier molecular flexibility index (Phi) is 6.95. The van der Waals surface area contributed by atoms with Gasteiger partial charge in [0.15, 0.2) is 5.84 Å². The molecule has 12 heteroatoms. The number of aromatic hydroxyl groups is 1. The maximum Gasteiger partial charge on any atom is 0.284 e. The second-order valence-corrected chi connectivity index (χ2v) is 11.3. The molecule has 0 radical (unpaired) electrons. The van der Waals surface area contributed by atoms with Crippen LogP contribution < -0.4 is 26.4 Å². The SMILES string of the molecule is CCCCNC1=Nc2c(ccc3c2S(O)(O)N=C(c2c(O)c4ccccc4n(NCC(C)C)c2=O)N3)OC1. The first-order chi connectivity index (χ1) is 18.2. The molecular weight excluding hydrogens is 508 g/mol. The van der Waals surface area contributed by atoms with Crippen LogP contribution in [-0.2, 0) is 0 Å². The number of hydrogen-bond acceptors (Lipinski definition) is 10. The number of pyridine rings is 1. The van der Waals surface area contributed by atoms with Crippen LogP contribution in [0.3, 0.4) is 0 Å². The number of rotatable bonds is 7. The van der Waals surface area contributed by atoms with Gasteiger partial charge in [-0.1, -0.05) is 50.1 Å². The number of unbranched alkanes of at least 4 members (excludes halogenated alkanes) is 1. The van der Waals surface area contributed by atoms with Gasteiger partial charge in [0.05, 0.1) is 11.2 Å². The molecule has 11 nitrogen and oxygen atoms in total. The molecule has 3 aromatic rings. The van der Waals surface area contributed by atoms with Crippen LogP contribution in [0.4, 0.5) is 11.4 Å². The highest BCUT2D eigenvalue weighted by atomic mass is 32.3. The van der Waals surface area contributed by atoms with Crippen LogP contribution in [0.15, 0.2) is 55.5 Å². The standard InChI is InChI=1S/C26H32N6O5S/c1-4-5-12-27-20-14-37-19-11-10-17-24(22(19)30-20)38(35,36)31-25(29-17)21-23(33)16-8-6-7-9-18(16)32(26(21)34)28-13-15(2)3/h6-11,15,28,33,35-36H,4-5,12-14H2,1-3H3,(H,27,30)(H,29,31). The third kappa shape index (κ3) is 4.66. The summed E-state index contributed by atoms with van der Waals surface area (Å²) in [7, 11) is -3.82. The molecule has 2 aliphatic rings. The third-order valence-corrected chi connectivity index (χ3v) is 7.66. The fourth-order valence-electron chi connectivity index (χ4n) is 4.37. The first kappa shape index (κ1) is 25.9. The number of aromatic nitrogens is 1. The highest BCUT2D eigenvalue weighted by Gasteiger charge is 2.35. The van der Waals surface area contributed by atoms with Gasteiger partial charge in [0.2, 0.25) is 0 Å². The van der Waals surface area contributed by atoms with Crippen molar-refractivity contribution in [3.8, 4) is 11.5 Å². The van der Waals surface area contributed by atoms with Crippen LogP contribution in [0.25, 0.3) is 10.9 Å². The summed E-state index contributed by atoms with van der Waals surface area (Å²) < 4.78 is 33.7. The lowest BCUT2D eigenvalue weighted by atomic mass is 10.1. The first-order valence-corrected chi connectivity index (χ1v) is 14.1. The minimum absolute atomic E-state index is 0.0757. The number of aliphatic imine (C=N–C) groups is 1. The molecule has 6 N–H and O–H groups in total. The van der Waals surface area contributed by atoms with E-state index in [2.05, 4.69) is 32.4 Å². The summed E-state index contributed by atoms with van der Waals surface area (Å²) in [4.78, 5) is 18.3. The second-order valence-electron chi connectivity index (χ2n) is 9.64. The lowest BCUT2D eigenvalue weighted by Crippen LogP contribution is -2.37. The number of hydrogen-bond donors (Lipinski definition) is 6. The summed E-state index contributed by atoms with van der Waals surface area (Å²) in [6.07, 6.45) is 1.98. The van der Waals surface area contributed by atoms with Crippen molar-refractivity contribution in [1.29, 1.82) is 0 Å². The molecule has 3 heterocycles. The molecule has 0 amide bonds. The smallest absolute Gasteiger partial charge is 0.284 e. The van der Waals surface area contributed by atoms with Crippen LogP contribution in [0.5, 0.6) is 11.5 Å². The summed E-state index contributed by atoms with van der Waals surface area (Å²) in [5.74, 6) is 0.777. The fraction of sp³-hybridized carbons (Fsp3) is 0.346. The van der Waals surface area contributed by atoms with E-state index in [4.69, 9.17) is 4.74 Å². The van der Waals surface area contributed by atoms with E-state index in [1.54, 1.807) is 36.4 Å². The van der Waals surface area contributed by atoms with E-state index in [-0.39, 0.29) is 40.3 Å². The number of fused-ring (bicyclic) bond motifs is 4. The number of benzene rings is 2. The molecule has 0 unspecified atom stereocenters. The van der Waals surface area contributed by atoms with E-state index < -0.39 is 16.3 Å². The van der Waals surface area contributed by atoms with Crippen LogP contribution in [0.1, 0.15) is 39.2 Å². The summed E-state index contributed by atoms with van der Waals surface area (Å²) in [6, 6.07) is 10.2. The van der Waals surface area contributed by atoms with Crippen molar-refractivity contribution < 1.29 is 18.9 Å². The molecule has 1 aromatic heterocycles. The molecule has 0 saturated heterocycles. The molecule has 2 aromatic carbocycles.